The number of aryl methyl sites for hydroxylation is 2. The summed E-state index contributed by atoms with van der Waals surface area (Å²) in [4.78, 5) is 44.8. The number of hydrogen-bond donors (Lipinski definition) is 0. The van der Waals surface area contributed by atoms with Crippen LogP contribution < -0.4 is 0 Å². The first kappa shape index (κ1) is 21.1. The molecular formula is C25H29N3O3. The zero-order valence-electron chi connectivity index (χ0n) is 18.6. The zero-order valence-corrected chi connectivity index (χ0v) is 18.6. The summed E-state index contributed by atoms with van der Waals surface area (Å²) >= 11 is 0. The van der Waals surface area contributed by atoms with E-state index in [0.29, 0.717) is 37.3 Å². The summed E-state index contributed by atoms with van der Waals surface area (Å²) in [7, 11) is 3.48. The van der Waals surface area contributed by atoms with Gasteiger partial charge in [-0.05, 0) is 37.6 Å². The van der Waals surface area contributed by atoms with Gasteiger partial charge in [-0.25, -0.2) is 0 Å². The first-order valence-corrected chi connectivity index (χ1v) is 10.7. The average Bonchev–Trinajstić information content (AvgIpc) is 3.28. The summed E-state index contributed by atoms with van der Waals surface area (Å²) < 4.78 is 0. The number of benzene rings is 2. The molecule has 2 saturated heterocycles. The third kappa shape index (κ3) is 3.60. The second-order valence-electron chi connectivity index (χ2n) is 9.11. The molecule has 0 saturated carbocycles. The first-order valence-electron chi connectivity index (χ1n) is 10.7. The number of amides is 3. The molecule has 162 valence electrons. The third-order valence-corrected chi connectivity index (χ3v) is 6.65. The standard InChI is InChI=1S/C25H29N3O3/c1-17-10-11-21(18(2)12-17)23(30)28-14-20-13-27(22(29)19-8-6-5-7-9-19)15-25(20,16-28)24(31)26(3)4/h5-12,20H,13-16H2,1-4H3/t20-,25-/m0/s1. The van der Waals surface area contributed by atoms with Crippen molar-refractivity contribution in [2.75, 3.05) is 40.3 Å². The topological polar surface area (TPSA) is 60.9 Å². The van der Waals surface area contributed by atoms with Crippen LogP contribution in [0.25, 0.3) is 0 Å². The summed E-state index contributed by atoms with van der Waals surface area (Å²) in [5.74, 6) is -0.200. The number of carbonyl (C=O) groups is 3. The number of carbonyl (C=O) groups excluding carboxylic acids is 3. The Balaban J connectivity index is 1.61. The molecule has 0 spiro atoms. The summed E-state index contributed by atoms with van der Waals surface area (Å²) in [6.07, 6.45) is 0. The van der Waals surface area contributed by atoms with Crippen molar-refractivity contribution < 1.29 is 14.4 Å². The van der Waals surface area contributed by atoms with Crippen molar-refractivity contribution in [2.45, 2.75) is 13.8 Å². The Bertz CT molecular complexity index is 1030. The molecule has 0 radical (unpaired) electrons. The van der Waals surface area contributed by atoms with E-state index in [1.54, 1.807) is 40.9 Å². The van der Waals surface area contributed by atoms with E-state index in [9.17, 15) is 14.4 Å². The maximum Gasteiger partial charge on any atom is 0.254 e. The van der Waals surface area contributed by atoms with Crippen molar-refractivity contribution in [3.63, 3.8) is 0 Å². The van der Waals surface area contributed by atoms with Crippen molar-refractivity contribution in [3.05, 3.63) is 70.8 Å². The molecule has 2 aliphatic heterocycles. The highest BCUT2D eigenvalue weighted by atomic mass is 16.2. The molecule has 0 aromatic heterocycles. The molecule has 31 heavy (non-hydrogen) atoms. The molecule has 0 aliphatic carbocycles. The largest absolute Gasteiger partial charge is 0.348 e. The van der Waals surface area contributed by atoms with Gasteiger partial charge in [-0.2, -0.15) is 0 Å². The second-order valence-corrected chi connectivity index (χ2v) is 9.11. The Kier molecular flexibility index (Phi) is 5.33. The molecule has 2 aliphatic rings. The van der Waals surface area contributed by atoms with Gasteiger partial charge in [0.25, 0.3) is 11.8 Å². The summed E-state index contributed by atoms with van der Waals surface area (Å²) in [5, 5.41) is 0. The molecule has 0 N–H and O–H groups in total. The Morgan fingerprint density at radius 3 is 2.10 bits per heavy atom. The molecular weight excluding hydrogens is 390 g/mol. The lowest BCUT2D eigenvalue weighted by molar-refractivity contribution is -0.139. The maximum absolute atomic E-state index is 13.3. The molecule has 6 nitrogen and oxygen atoms in total. The van der Waals surface area contributed by atoms with Crippen LogP contribution in [0.5, 0.6) is 0 Å². The van der Waals surface area contributed by atoms with Gasteiger partial charge >= 0.3 is 0 Å². The van der Waals surface area contributed by atoms with Crippen LogP contribution in [0.2, 0.25) is 0 Å². The predicted octanol–water partition coefficient (Wildman–Crippen LogP) is 2.61. The van der Waals surface area contributed by atoms with Crippen LogP contribution in [0.3, 0.4) is 0 Å². The lowest BCUT2D eigenvalue weighted by Crippen LogP contribution is -2.48. The van der Waals surface area contributed by atoms with Crippen LogP contribution in [0, 0.1) is 25.2 Å². The van der Waals surface area contributed by atoms with Gasteiger partial charge in [0.1, 0.15) is 0 Å². The monoisotopic (exact) mass is 419 g/mol. The van der Waals surface area contributed by atoms with E-state index in [-0.39, 0.29) is 23.6 Å². The van der Waals surface area contributed by atoms with E-state index in [2.05, 4.69) is 0 Å². The second kappa shape index (κ2) is 7.84. The van der Waals surface area contributed by atoms with Gasteiger partial charge in [0.15, 0.2) is 0 Å². The molecule has 2 atom stereocenters. The Morgan fingerprint density at radius 1 is 0.903 bits per heavy atom. The number of likely N-dealkylation sites (tertiary alicyclic amines) is 2. The Hall–Kier alpha value is -3.15. The van der Waals surface area contributed by atoms with Crippen molar-refractivity contribution >= 4 is 17.7 Å². The molecule has 0 unspecified atom stereocenters. The number of hydrogen-bond acceptors (Lipinski definition) is 3. The smallest absolute Gasteiger partial charge is 0.254 e. The fourth-order valence-electron chi connectivity index (χ4n) is 5.11. The zero-order chi connectivity index (χ0) is 22.3. The minimum absolute atomic E-state index is 0.0169. The average molecular weight is 420 g/mol. The molecule has 2 aromatic rings. The number of nitrogens with zero attached hydrogens (tertiary/aromatic N) is 3. The predicted molar refractivity (Wildman–Crippen MR) is 119 cm³/mol. The molecule has 2 heterocycles. The minimum Gasteiger partial charge on any atom is -0.348 e. The van der Waals surface area contributed by atoms with Crippen molar-refractivity contribution in [1.82, 2.24) is 14.7 Å². The Morgan fingerprint density at radius 2 is 1.52 bits per heavy atom. The summed E-state index contributed by atoms with van der Waals surface area (Å²) in [6.45, 7) is 5.56. The van der Waals surface area contributed by atoms with Crippen molar-refractivity contribution in [3.8, 4) is 0 Å². The van der Waals surface area contributed by atoms with Crippen LogP contribution in [-0.4, -0.2) is 72.7 Å². The molecule has 2 aromatic carbocycles. The quantitative estimate of drug-likeness (QED) is 0.768. The van der Waals surface area contributed by atoms with Gasteiger partial charge in [-0.3, -0.25) is 14.4 Å². The van der Waals surface area contributed by atoms with E-state index in [4.69, 9.17) is 0 Å². The number of fused-ring (bicyclic) bond motifs is 1. The molecule has 2 fully saturated rings. The molecule has 6 heteroatoms. The van der Waals surface area contributed by atoms with E-state index >= 15 is 0 Å². The first-order chi connectivity index (χ1) is 14.7. The third-order valence-electron chi connectivity index (χ3n) is 6.65. The summed E-state index contributed by atoms with van der Waals surface area (Å²) in [6, 6.07) is 15.0. The highest BCUT2D eigenvalue weighted by Crippen LogP contribution is 2.44. The van der Waals surface area contributed by atoms with Crippen molar-refractivity contribution in [1.29, 1.82) is 0 Å². The fraction of sp³-hybridized carbons (Fsp3) is 0.400. The van der Waals surface area contributed by atoms with Crippen LogP contribution in [0.4, 0.5) is 0 Å². The van der Waals surface area contributed by atoms with Gasteiger partial charge in [0.05, 0.1) is 5.41 Å². The van der Waals surface area contributed by atoms with Gasteiger partial charge in [0, 0.05) is 57.3 Å². The van der Waals surface area contributed by atoms with E-state index in [0.717, 1.165) is 11.1 Å². The Labute approximate surface area is 183 Å². The van der Waals surface area contributed by atoms with Crippen molar-refractivity contribution in [2.24, 2.45) is 11.3 Å². The van der Waals surface area contributed by atoms with E-state index < -0.39 is 5.41 Å². The summed E-state index contributed by atoms with van der Waals surface area (Å²) in [5.41, 5.74) is 2.59. The molecule has 0 bridgehead atoms. The van der Waals surface area contributed by atoms with E-state index in [1.807, 2.05) is 50.2 Å². The highest BCUT2D eigenvalue weighted by Gasteiger charge is 2.59. The highest BCUT2D eigenvalue weighted by molar-refractivity contribution is 5.98. The lowest BCUT2D eigenvalue weighted by Gasteiger charge is -2.31. The van der Waals surface area contributed by atoms with E-state index in [1.165, 1.54) is 0 Å². The maximum atomic E-state index is 13.3. The van der Waals surface area contributed by atoms with Crippen LogP contribution in [0.15, 0.2) is 48.5 Å². The minimum atomic E-state index is -0.762. The lowest BCUT2D eigenvalue weighted by atomic mass is 9.79. The van der Waals surface area contributed by atoms with Gasteiger partial charge in [0.2, 0.25) is 5.91 Å². The van der Waals surface area contributed by atoms with Crippen LogP contribution in [-0.2, 0) is 4.79 Å². The van der Waals surface area contributed by atoms with Crippen LogP contribution >= 0.6 is 0 Å². The fourth-order valence-corrected chi connectivity index (χ4v) is 5.11. The van der Waals surface area contributed by atoms with Gasteiger partial charge < -0.3 is 14.7 Å². The van der Waals surface area contributed by atoms with Gasteiger partial charge in [-0.1, -0.05) is 35.9 Å². The number of rotatable bonds is 3. The van der Waals surface area contributed by atoms with Crippen LogP contribution in [0.1, 0.15) is 31.8 Å². The SMILES string of the molecule is Cc1ccc(C(=O)N2C[C@@H]3CN(C(=O)c4ccccc4)C[C@]3(C(=O)N(C)C)C2)c(C)c1. The normalized spacial score (nSPS) is 22.4. The molecule has 4 rings (SSSR count). The molecule has 3 amide bonds. The van der Waals surface area contributed by atoms with Gasteiger partial charge in [-0.15, -0.1) is 0 Å².